The van der Waals surface area contributed by atoms with Crippen molar-refractivity contribution in [1.29, 1.82) is 0 Å². The van der Waals surface area contributed by atoms with Gasteiger partial charge in [-0.25, -0.2) is 9.59 Å². The predicted octanol–water partition coefficient (Wildman–Crippen LogP) is 1.67. The van der Waals surface area contributed by atoms with E-state index < -0.39 is 5.97 Å². The molecule has 0 spiro atoms. The van der Waals surface area contributed by atoms with Gasteiger partial charge in [-0.3, -0.25) is 5.10 Å². The summed E-state index contributed by atoms with van der Waals surface area (Å²) >= 11 is 0. The molecule has 4 N–H and O–H groups in total. The Kier molecular flexibility index (Phi) is 4.55. The standard InChI is InChI=1S/C14H16N4O3/c1-9(12-7-16-17-8-12)18-14(21)15-6-10-2-4-11(5-3-10)13(19)20/h2-5,7-9H,6H2,1H3,(H,16,17)(H,19,20)(H2,15,18,21). The number of rotatable bonds is 5. The predicted molar refractivity (Wildman–Crippen MR) is 75.8 cm³/mol. The molecule has 1 unspecified atom stereocenters. The average molecular weight is 288 g/mol. The summed E-state index contributed by atoms with van der Waals surface area (Å²) < 4.78 is 0. The highest BCUT2D eigenvalue weighted by Gasteiger charge is 2.10. The molecule has 0 bridgehead atoms. The van der Waals surface area contributed by atoms with Gasteiger partial charge >= 0.3 is 12.0 Å². The average Bonchev–Trinajstić information content (AvgIpc) is 3.00. The highest BCUT2D eigenvalue weighted by molar-refractivity contribution is 5.87. The van der Waals surface area contributed by atoms with Gasteiger partial charge in [0.2, 0.25) is 0 Å². The molecule has 0 saturated heterocycles. The van der Waals surface area contributed by atoms with E-state index in [0.29, 0.717) is 6.54 Å². The van der Waals surface area contributed by atoms with Crippen LogP contribution in [0.3, 0.4) is 0 Å². The summed E-state index contributed by atoms with van der Waals surface area (Å²) in [6.45, 7) is 2.18. The molecule has 7 nitrogen and oxygen atoms in total. The van der Waals surface area contributed by atoms with Gasteiger partial charge in [0, 0.05) is 18.3 Å². The van der Waals surface area contributed by atoms with Crippen molar-refractivity contribution < 1.29 is 14.7 Å². The van der Waals surface area contributed by atoms with Gasteiger partial charge < -0.3 is 15.7 Å². The van der Waals surface area contributed by atoms with Crippen molar-refractivity contribution in [3.05, 3.63) is 53.3 Å². The lowest BCUT2D eigenvalue weighted by Gasteiger charge is -2.13. The van der Waals surface area contributed by atoms with Gasteiger partial charge in [0.05, 0.1) is 17.8 Å². The fourth-order valence-corrected chi connectivity index (χ4v) is 1.78. The van der Waals surface area contributed by atoms with Gasteiger partial charge in [-0.1, -0.05) is 12.1 Å². The minimum atomic E-state index is -0.971. The first-order chi connectivity index (χ1) is 10.1. The van der Waals surface area contributed by atoms with E-state index in [9.17, 15) is 9.59 Å². The Hall–Kier alpha value is -2.83. The van der Waals surface area contributed by atoms with Crippen LogP contribution < -0.4 is 10.6 Å². The van der Waals surface area contributed by atoms with Crippen LogP contribution in [0.1, 0.15) is 34.5 Å². The van der Waals surface area contributed by atoms with Crippen LogP contribution in [-0.4, -0.2) is 27.3 Å². The number of urea groups is 1. The van der Waals surface area contributed by atoms with E-state index in [1.807, 2.05) is 6.92 Å². The maximum Gasteiger partial charge on any atom is 0.335 e. The topological polar surface area (TPSA) is 107 Å². The molecular weight excluding hydrogens is 272 g/mol. The van der Waals surface area contributed by atoms with E-state index in [2.05, 4.69) is 20.8 Å². The van der Waals surface area contributed by atoms with Crippen molar-refractivity contribution in [3.8, 4) is 0 Å². The molecule has 21 heavy (non-hydrogen) atoms. The van der Waals surface area contributed by atoms with Crippen molar-refractivity contribution in [2.45, 2.75) is 19.5 Å². The Morgan fingerprint density at radius 2 is 2.05 bits per heavy atom. The minimum absolute atomic E-state index is 0.155. The van der Waals surface area contributed by atoms with Gasteiger partial charge in [0.15, 0.2) is 0 Å². The normalized spacial score (nSPS) is 11.7. The smallest absolute Gasteiger partial charge is 0.335 e. The Morgan fingerprint density at radius 1 is 1.33 bits per heavy atom. The number of aromatic carboxylic acids is 1. The van der Waals surface area contributed by atoms with E-state index in [4.69, 9.17) is 5.11 Å². The fraction of sp³-hybridized carbons (Fsp3) is 0.214. The van der Waals surface area contributed by atoms with Crippen LogP contribution in [-0.2, 0) is 6.54 Å². The number of hydrogen-bond donors (Lipinski definition) is 4. The molecule has 0 aliphatic carbocycles. The number of hydrogen-bond acceptors (Lipinski definition) is 3. The van der Waals surface area contributed by atoms with E-state index >= 15 is 0 Å². The molecule has 2 aromatic rings. The second kappa shape index (κ2) is 6.56. The van der Waals surface area contributed by atoms with Crippen molar-refractivity contribution in [3.63, 3.8) is 0 Å². The number of carboxylic acids is 1. The molecule has 7 heteroatoms. The van der Waals surface area contributed by atoms with Gasteiger partial charge in [-0.15, -0.1) is 0 Å². The minimum Gasteiger partial charge on any atom is -0.478 e. The summed E-state index contributed by atoms with van der Waals surface area (Å²) in [4.78, 5) is 22.5. The molecule has 1 aromatic carbocycles. The van der Waals surface area contributed by atoms with Gasteiger partial charge in [-0.2, -0.15) is 5.10 Å². The summed E-state index contributed by atoms with van der Waals surface area (Å²) in [6.07, 6.45) is 3.37. The number of carboxylic acid groups (broad SMARTS) is 1. The Balaban J connectivity index is 1.82. The number of H-pyrrole nitrogens is 1. The maximum atomic E-state index is 11.8. The Labute approximate surface area is 121 Å². The van der Waals surface area contributed by atoms with Crippen molar-refractivity contribution in [1.82, 2.24) is 20.8 Å². The first kappa shape index (κ1) is 14.6. The van der Waals surface area contributed by atoms with Crippen LogP contribution in [0.25, 0.3) is 0 Å². The molecule has 1 atom stereocenters. The summed E-state index contributed by atoms with van der Waals surface area (Å²) in [5.74, 6) is -0.971. The molecule has 110 valence electrons. The van der Waals surface area contributed by atoms with Gasteiger partial charge in [0.25, 0.3) is 0 Å². The molecule has 0 aliphatic heterocycles. The lowest BCUT2D eigenvalue weighted by molar-refractivity contribution is 0.0697. The van der Waals surface area contributed by atoms with Crippen LogP contribution in [0.4, 0.5) is 4.79 Å². The fourth-order valence-electron chi connectivity index (χ4n) is 1.78. The number of carbonyl (C=O) groups excluding carboxylic acids is 1. The molecule has 0 saturated carbocycles. The van der Waals surface area contributed by atoms with Crippen molar-refractivity contribution >= 4 is 12.0 Å². The SMILES string of the molecule is CC(NC(=O)NCc1ccc(C(=O)O)cc1)c1cn[nH]c1. The third kappa shape index (κ3) is 4.07. The van der Waals surface area contributed by atoms with Crippen LogP contribution in [0.5, 0.6) is 0 Å². The van der Waals surface area contributed by atoms with Crippen LogP contribution in [0, 0.1) is 0 Å². The summed E-state index contributed by atoms with van der Waals surface area (Å²) in [5.41, 5.74) is 1.93. The summed E-state index contributed by atoms with van der Waals surface area (Å²) in [5, 5.41) is 20.8. The molecule has 2 rings (SSSR count). The molecular formula is C14H16N4O3. The second-order valence-corrected chi connectivity index (χ2v) is 4.58. The van der Waals surface area contributed by atoms with E-state index in [1.54, 1.807) is 24.5 Å². The summed E-state index contributed by atoms with van der Waals surface area (Å²) in [7, 11) is 0. The van der Waals surface area contributed by atoms with Gasteiger partial charge in [-0.05, 0) is 24.6 Å². The molecule has 0 radical (unpaired) electrons. The number of amides is 2. The number of nitrogens with zero attached hydrogens (tertiary/aromatic N) is 1. The van der Waals surface area contributed by atoms with Crippen molar-refractivity contribution in [2.24, 2.45) is 0 Å². The number of aromatic amines is 1. The van der Waals surface area contributed by atoms with Crippen LogP contribution in [0.15, 0.2) is 36.7 Å². The number of nitrogens with one attached hydrogen (secondary N) is 3. The largest absolute Gasteiger partial charge is 0.478 e. The zero-order chi connectivity index (χ0) is 15.2. The van der Waals surface area contributed by atoms with E-state index in [-0.39, 0.29) is 17.6 Å². The van der Waals surface area contributed by atoms with Crippen LogP contribution >= 0.6 is 0 Å². The lowest BCUT2D eigenvalue weighted by Crippen LogP contribution is -2.36. The lowest BCUT2D eigenvalue weighted by atomic mass is 10.1. The second-order valence-electron chi connectivity index (χ2n) is 4.58. The van der Waals surface area contributed by atoms with E-state index in [1.165, 1.54) is 12.1 Å². The van der Waals surface area contributed by atoms with E-state index in [0.717, 1.165) is 11.1 Å². The molecule has 1 aromatic heterocycles. The molecule has 2 amide bonds. The highest BCUT2D eigenvalue weighted by atomic mass is 16.4. The molecule has 0 fully saturated rings. The number of carbonyl (C=O) groups is 2. The number of benzene rings is 1. The molecule has 0 aliphatic rings. The Morgan fingerprint density at radius 3 is 2.62 bits per heavy atom. The number of aromatic nitrogens is 2. The van der Waals surface area contributed by atoms with Crippen molar-refractivity contribution in [2.75, 3.05) is 0 Å². The molecule has 1 heterocycles. The zero-order valence-corrected chi connectivity index (χ0v) is 11.5. The third-order valence-electron chi connectivity index (χ3n) is 3.02. The third-order valence-corrected chi connectivity index (χ3v) is 3.02. The van der Waals surface area contributed by atoms with Crippen LogP contribution in [0.2, 0.25) is 0 Å². The zero-order valence-electron chi connectivity index (χ0n) is 11.5. The van der Waals surface area contributed by atoms with Gasteiger partial charge in [0.1, 0.15) is 0 Å². The highest BCUT2D eigenvalue weighted by Crippen LogP contribution is 2.08. The first-order valence-electron chi connectivity index (χ1n) is 6.41. The first-order valence-corrected chi connectivity index (χ1v) is 6.41. The summed E-state index contributed by atoms with van der Waals surface area (Å²) in [6, 6.07) is 5.90. The quantitative estimate of drug-likeness (QED) is 0.671. The Bertz CT molecular complexity index is 608. The maximum absolute atomic E-state index is 11.8. The monoisotopic (exact) mass is 288 g/mol.